The molecule has 2 atom stereocenters. The van der Waals surface area contributed by atoms with Gasteiger partial charge in [0.2, 0.25) is 0 Å². The van der Waals surface area contributed by atoms with Crippen LogP contribution in [-0.4, -0.2) is 32.6 Å². The van der Waals surface area contributed by atoms with E-state index in [2.05, 4.69) is 12.2 Å². The zero-order valence-corrected chi connectivity index (χ0v) is 12.4. The molecule has 1 heterocycles. The lowest BCUT2D eigenvalue weighted by molar-refractivity contribution is 0.0958. The molecule has 1 aromatic rings. The van der Waals surface area contributed by atoms with E-state index in [4.69, 9.17) is 9.47 Å². The Morgan fingerprint density at radius 2 is 2.05 bits per heavy atom. The Morgan fingerprint density at radius 3 is 2.70 bits per heavy atom. The molecule has 4 heteroatoms. The Hall–Kier alpha value is -1.55. The second-order valence-corrected chi connectivity index (χ2v) is 5.48. The number of methoxy groups -OCH3 is 2. The number of ketones is 1. The molecule has 0 aliphatic carbocycles. The average Bonchev–Trinajstić information content (AvgIpc) is 2.46. The summed E-state index contributed by atoms with van der Waals surface area (Å²) in [4.78, 5) is 12.4. The van der Waals surface area contributed by atoms with Crippen LogP contribution in [0.25, 0.3) is 0 Å². The molecule has 110 valence electrons. The lowest BCUT2D eigenvalue weighted by atomic mass is 9.90. The van der Waals surface area contributed by atoms with Gasteiger partial charge in [0.15, 0.2) is 17.3 Å². The van der Waals surface area contributed by atoms with Crippen LogP contribution in [0, 0.1) is 5.92 Å². The lowest BCUT2D eigenvalue weighted by Crippen LogP contribution is -2.38. The predicted octanol–water partition coefficient (Wildman–Crippen LogP) is 2.66. The number of Topliss-reactive ketones (excluding diaryl/α,β-unsaturated/α-hetero) is 1. The van der Waals surface area contributed by atoms with Crippen LogP contribution in [0.4, 0.5) is 0 Å². The van der Waals surface area contributed by atoms with Gasteiger partial charge in [-0.05, 0) is 43.5 Å². The summed E-state index contributed by atoms with van der Waals surface area (Å²) in [7, 11) is 3.17. The van der Waals surface area contributed by atoms with Gasteiger partial charge in [-0.15, -0.1) is 0 Å². The molecule has 2 rings (SSSR count). The van der Waals surface area contributed by atoms with Gasteiger partial charge < -0.3 is 14.8 Å². The van der Waals surface area contributed by atoms with E-state index in [1.807, 2.05) is 0 Å². The van der Waals surface area contributed by atoms with Gasteiger partial charge in [-0.2, -0.15) is 0 Å². The van der Waals surface area contributed by atoms with Crippen molar-refractivity contribution in [2.45, 2.75) is 32.2 Å². The maximum absolute atomic E-state index is 12.4. The fourth-order valence-electron chi connectivity index (χ4n) is 2.73. The van der Waals surface area contributed by atoms with Gasteiger partial charge in [0.1, 0.15) is 0 Å². The summed E-state index contributed by atoms with van der Waals surface area (Å²) < 4.78 is 10.4. The minimum absolute atomic E-state index is 0.151. The molecule has 0 saturated carbocycles. The number of carbonyl (C=O) groups excluding carboxylic acids is 1. The highest BCUT2D eigenvalue weighted by Crippen LogP contribution is 2.28. The number of benzene rings is 1. The van der Waals surface area contributed by atoms with E-state index in [9.17, 15) is 4.79 Å². The fourth-order valence-corrected chi connectivity index (χ4v) is 2.73. The van der Waals surface area contributed by atoms with Crippen LogP contribution < -0.4 is 14.8 Å². The molecule has 1 aliphatic heterocycles. The number of rotatable bonds is 5. The summed E-state index contributed by atoms with van der Waals surface area (Å²) in [5, 5.41) is 3.42. The molecule has 2 unspecified atom stereocenters. The first-order valence-electron chi connectivity index (χ1n) is 7.12. The predicted molar refractivity (Wildman–Crippen MR) is 78.7 cm³/mol. The molecular weight excluding hydrogens is 254 g/mol. The molecule has 0 bridgehead atoms. The van der Waals surface area contributed by atoms with E-state index in [-0.39, 0.29) is 5.78 Å². The zero-order valence-electron chi connectivity index (χ0n) is 12.4. The number of hydrogen-bond donors (Lipinski definition) is 1. The van der Waals surface area contributed by atoms with Crippen LogP contribution in [0.5, 0.6) is 11.5 Å². The number of piperidine rings is 1. The van der Waals surface area contributed by atoms with Crippen LogP contribution in [0.15, 0.2) is 18.2 Å². The third kappa shape index (κ3) is 3.51. The Labute approximate surface area is 120 Å². The molecule has 1 saturated heterocycles. The standard InChI is InChI=1S/C16H23NO3/c1-11-6-7-17-13(8-11)10-14(18)12-4-5-15(19-2)16(9-12)20-3/h4-5,9,11,13,17H,6-8,10H2,1-3H3. The maximum atomic E-state index is 12.4. The quantitative estimate of drug-likeness (QED) is 0.841. The summed E-state index contributed by atoms with van der Waals surface area (Å²) in [6.45, 7) is 3.25. The average molecular weight is 277 g/mol. The van der Waals surface area contributed by atoms with Crippen molar-refractivity contribution in [2.24, 2.45) is 5.92 Å². The van der Waals surface area contributed by atoms with E-state index in [0.29, 0.717) is 35.4 Å². The lowest BCUT2D eigenvalue weighted by Gasteiger charge is -2.27. The zero-order chi connectivity index (χ0) is 14.5. The molecule has 0 amide bonds. The van der Waals surface area contributed by atoms with Crippen molar-refractivity contribution in [1.82, 2.24) is 5.32 Å². The largest absolute Gasteiger partial charge is 0.493 e. The number of nitrogens with one attached hydrogen (secondary N) is 1. The van der Waals surface area contributed by atoms with Crippen LogP contribution in [0.1, 0.15) is 36.5 Å². The number of ether oxygens (including phenoxy) is 2. The Morgan fingerprint density at radius 1 is 1.30 bits per heavy atom. The van der Waals surface area contributed by atoms with Gasteiger partial charge in [0, 0.05) is 18.0 Å². The molecule has 0 radical (unpaired) electrons. The summed E-state index contributed by atoms with van der Waals surface area (Å²) in [5.41, 5.74) is 0.683. The summed E-state index contributed by atoms with van der Waals surface area (Å²) in [6, 6.07) is 5.63. The van der Waals surface area contributed by atoms with E-state index < -0.39 is 0 Å². The summed E-state index contributed by atoms with van der Waals surface area (Å²) in [5.74, 6) is 2.09. The minimum Gasteiger partial charge on any atom is -0.493 e. The first-order chi connectivity index (χ1) is 9.63. The molecule has 0 spiro atoms. The van der Waals surface area contributed by atoms with Crippen LogP contribution in [-0.2, 0) is 0 Å². The molecule has 1 fully saturated rings. The van der Waals surface area contributed by atoms with Crippen molar-refractivity contribution in [2.75, 3.05) is 20.8 Å². The molecule has 0 aromatic heterocycles. The van der Waals surface area contributed by atoms with Gasteiger partial charge in [-0.1, -0.05) is 6.92 Å². The second-order valence-electron chi connectivity index (χ2n) is 5.48. The van der Waals surface area contributed by atoms with Crippen LogP contribution >= 0.6 is 0 Å². The summed E-state index contributed by atoms with van der Waals surface area (Å²) in [6.07, 6.45) is 2.81. The molecule has 1 N–H and O–H groups in total. The number of carbonyl (C=O) groups is 1. The smallest absolute Gasteiger partial charge is 0.164 e. The van der Waals surface area contributed by atoms with E-state index in [0.717, 1.165) is 13.0 Å². The molecular formula is C16H23NO3. The van der Waals surface area contributed by atoms with Crippen molar-refractivity contribution in [1.29, 1.82) is 0 Å². The minimum atomic E-state index is 0.151. The molecule has 4 nitrogen and oxygen atoms in total. The summed E-state index contributed by atoms with van der Waals surface area (Å²) >= 11 is 0. The van der Waals surface area contributed by atoms with Crippen molar-refractivity contribution < 1.29 is 14.3 Å². The SMILES string of the molecule is COc1ccc(C(=O)CC2CC(C)CCN2)cc1OC. The van der Waals surface area contributed by atoms with Crippen molar-refractivity contribution in [3.8, 4) is 11.5 Å². The molecule has 1 aliphatic rings. The second kappa shape index (κ2) is 6.75. The Bertz CT molecular complexity index is 473. The van der Waals surface area contributed by atoms with Crippen molar-refractivity contribution in [3.63, 3.8) is 0 Å². The Balaban J connectivity index is 2.05. The highest BCUT2D eigenvalue weighted by Gasteiger charge is 2.21. The van der Waals surface area contributed by atoms with Crippen molar-refractivity contribution in [3.05, 3.63) is 23.8 Å². The van der Waals surface area contributed by atoms with E-state index >= 15 is 0 Å². The topological polar surface area (TPSA) is 47.6 Å². The molecule has 20 heavy (non-hydrogen) atoms. The monoisotopic (exact) mass is 277 g/mol. The van der Waals surface area contributed by atoms with Gasteiger partial charge in [-0.3, -0.25) is 4.79 Å². The van der Waals surface area contributed by atoms with Gasteiger partial charge in [-0.25, -0.2) is 0 Å². The van der Waals surface area contributed by atoms with Gasteiger partial charge in [0.05, 0.1) is 14.2 Å². The number of hydrogen-bond acceptors (Lipinski definition) is 4. The van der Waals surface area contributed by atoms with Crippen LogP contribution in [0.2, 0.25) is 0 Å². The van der Waals surface area contributed by atoms with Gasteiger partial charge in [0.25, 0.3) is 0 Å². The fraction of sp³-hybridized carbons (Fsp3) is 0.562. The third-order valence-electron chi connectivity index (χ3n) is 3.89. The highest BCUT2D eigenvalue weighted by molar-refractivity contribution is 5.97. The van der Waals surface area contributed by atoms with E-state index in [1.54, 1.807) is 32.4 Å². The van der Waals surface area contributed by atoms with E-state index in [1.165, 1.54) is 6.42 Å². The first-order valence-corrected chi connectivity index (χ1v) is 7.12. The van der Waals surface area contributed by atoms with Crippen molar-refractivity contribution >= 4 is 5.78 Å². The normalized spacial score (nSPS) is 22.4. The third-order valence-corrected chi connectivity index (χ3v) is 3.89. The molecule has 1 aromatic carbocycles. The van der Waals surface area contributed by atoms with Crippen LogP contribution in [0.3, 0.4) is 0 Å². The Kier molecular flexibility index (Phi) is 5.01. The first kappa shape index (κ1) is 14.9. The highest BCUT2D eigenvalue weighted by atomic mass is 16.5. The maximum Gasteiger partial charge on any atom is 0.164 e. The van der Waals surface area contributed by atoms with Gasteiger partial charge >= 0.3 is 0 Å².